The van der Waals surface area contributed by atoms with Crippen LogP contribution in [0.4, 0.5) is 28.4 Å². The highest BCUT2D eigenvalue weighted by Crippen LogP contribution is 2.41. The predicted molar refractivity (Wildman–Crippen MR) is 194 cm³/mol. The fourth-order valence-corrected chi connectivity index (χ4v) is 5.87. The topological polar surface area (TPSA) is 28.4 Å². The van der Waals surface area contributed by atoms with E-state index in [1.54, 1.807) is 0 Å². The molecule has 230 valence electrons. The molecule has 0 atom stereocenters. The predicted octanol–water partition coefficient (Wildman–Crippen LogP) is 12.7. The molecule has 0 aliphatic heterocycles. The van der Waals surface area contributed by atoms with Crippen molar-refractivity contribution in [2.24, 2.45) is 0 Å². The van der Waals surface area contributed by atoms with Crippen molar-refractivity contribution >= 4 is 50.4 Å². The molecule has 6 aromatic rings. The average molecular weight is 595 g/mol. The lowest BCUT2D eigenvalue weighted by molar-refractivity contribution is 0.590. The third kappa shape index (κ3) is 6.35. The van der Waals surface area contributed by atoms with Crippen LogP contribution >= 0.6 is 0 Å². The summed E-state index contributed by atoms with van der Waals surface area (Å²) in [5, 5.41) is 5.91. The lowest BCUT2D eigenvalue weighted by Crippen LogP contribution is -2.13. The van der Waals surface area contributed by atoms with Crippen LogP contribution in [0.25, 0.3) is 21.9 Å². The zero-order valence-electron chi connectivity index (χ0n) is 28.2. The van der Waals surface area contributed by atoms with Gasteiger partial charge in [-0.15, -0.1) is 0 Å². The van der Waals surface area contributed by atoms with Crippen LogP contribution in [-0.4, -0.2) is 0 Å². The smallest absolute Gasteiger partial charge is 0.135 e. The van der Waals surface area contributed by atoms with Crippen LogP contribution in [0, 0.1) is 0 Å². The number of nitrogens with zero attached hydrogens (tertiary/aromatic N) is 1. The van der Waals surface area contributed by atoms with Crippen LogP contribution < -0.4 is 10.2 Å². The summed E-state index contributed by atoms with van der Waals surface area (Å²) >= 11 is 0. The molecule has 0 spiro atoms. The fraction of sp³-hybridized carbons (Fsp3) is 0.286. The molecule has 0 saturated heterocycles. The minimum absolute atomic E-state index is 0.0523. The number of furan rings is 1. The molecule has 0 aliphatic rings. The summed E-state index contributed by atoms with van der Waals surface area (Å²) in [5.74, 6) is 0. The summed E-state index contributed by atoms with van der Waals surface area (Å²) in [5.41, 5.74) is 11.4. The Morgan fingerprint density at radius 1 is 0.444 bits per heavy atom. The monoisotopic (exact) mass is 594 g/mol. The van der Waals surface area contributed by atoms with Crippen molar-refractivity contribution in [2.45, 2.75) is 78.6 Å². The minimum atomic E-state index is 0.0523. The van der Waals surface area contributed by atoms with Gasteiger partial charge in [0.15, 0.2) is 0 Å². The summed E-state index contributed by atoms with van der Waals surface area (Å²) in [6.07, 6.45) is 0. The molecule has 0 saturated carbocycles. The second-order valence-corrected chi connectivity index (χ2v) is 15.4. The molecular weight excluding hydrogens is 548 g/mol. The Bertz CT molecular complexity index is 1960. The summed E-state index contributed by atoms with van der Waals surface area (Å²) in [4.78, 5) is 2.34. The summed E-state index contributed by atoms with van der Waals surface area (Å²) in [6.45, 7) is 20.3. The lowest BCUT2D eigenvalue weighted by atomic mass is 9.86. The van der Waals surface area contributed by atoms with Gasteiger partial charge in [0.2, 0.25) is 0 Å². The molecule has 0 fully saturated rings. The molecule has 0 aliphatic carbocycles. The average Bonchev–Trinajstić information content (AvgIpc) is 3.34. The number of fused-ring (bicyclic) bond motifs is 3. The van der Waals surface area contributed by atoms with Crippen molar-refractivity contribution in [3.05, 3.63) is 126 Å². The van der Waals surface area contributed by atoms with Crippen LogP contribution in [0.3, 0.4) is 0 Å². The van der Waals surface area contributed by atoms with E-state index in [0.29, 0.717) is 0 Å². The van der Waals surface area contributed by atoms with E-state index in [9.17, 15) is 0 Å². The number of benzene rings is 5. The zero-order valence-corrected chi connectivity index (χ0v) is 28.2. The van der Waals surface area contributed by atoms with Crippen LogP contribution in [0.5, 0.6) is 0 Å². The third-order valence-electron chi connectivity index (χ3n) is 8.71. The van der Waals surface area contributed by atoms with Crippen molar-refractivity contribution in [2.75, 3.05) is 10.2 Å². The first-order chi connectivity index (χ1) is 21.2. The van der Waals surface area contributed by atoms with Gasteiger partial charge in [-0.1, -0.05) is 98.7 Å². The van der Waals surface area contributed by atoms with Crippen LogP contribution in [0.15, 0.2) is 114 Å². The van der Waals surface area contributed by atoms with Crippen LogP contribution in [0.1, 0.15) is 79.0 Å². The number of nitrogens with one attached hydrogen (secondary N) is 1. The molecule has 0 unspecified atom stereocenters. The zero-order chi connectivity index (χ0) is 32.1. The van der Waals surface area contributed by atoms with Crippen molar-refractivity contribution in [3.63, 3.8) is 0 Å². The second kappa shape index (κ2) is 11.1. The highest BCUT2D eigenvalue weighted by Gasteiger charge is 2.20. The van der Waals surface area contributed by atoms with Crippen molar-refractivity contribution < 1.29 is 4.42 Å². The van der Waals surface area contributed by atoms with E-state index in [2.05, 4.69) is 182 Å². The van der Waals surface area contributed by atoms with Gasteiger partial charge in [0.25, 0.3) is 0 Å². The Kier molecular flexibility index (Phi) is 7.56. The Balaban J connectivity index is 1.45. The second-order valence-electron chi connectivity index (χ2n) is 15.4. The fourth-order valence-electron chi connectivity index (χ4n) is 5.87. The molecule has 1 N–H and O–H groups in total. The van der Waals surface area contributed by atoms with Gasteiger partial charge in [-0.25, -0.2) is 0 Å². The highest BCUT2D eigenvalue weighted by atomic mass is 16.3. The quantitative estimate of drug-likeness (QED) is 0.215. The summed E-state index contributed by atoms with van der Waals surface area (Å²) in [7, 11) is 0. The summed E-state index contributed by atoms with van der Waals surface area (Å²) < 4.78 is 6.31. The maximum atomic E-state index is 6.31. The molecule has 3 nitrogen and oxygen atoms in total. The molecular formula is C42H46N2O. The number of rotatable bonds is 5. The molecule has 6 rings (SSSR count). The van der Waals surface area contributed by atoms with Crippen LogP contribution in [-0.2, 0) is 16.2 Å². The van der Waals surface area contributed by atoms with Gasteiger partial charge < -0.3 is 14.6 Å². The molecule has 0 radical (unpaired) electrons. The number of anilines is 5. The Labute approximate surface area is 268 Å². The van der Waals surface area contributed by atoms with Gasteiger partial charge in [-0.2, -0.15) is 0 Å². The Hall–Kier alpha value is -4.50. The van der Waals surface area contributed by atoms with Crippen molar-refractivity contribution in [1.82, 2.24) is 0 Å². The van der Waals surface area contributed by atoms with E-state index in [-0.39, 0.29) is 16.2 Å². The normalized spacial score (nSPS) is 12.6. The third-order valence-corrected chi connectivity index (χ3v) is 8.71. The Morgan fingerprint density at radius 3 is 1.53 bits per heavy atom. The molecule has 1 aromatic heterocycles. The minimum Gasteiger partial charge on any atom is -0.456 e. The molecule has 0 bridgehead atoms. The molecule has 45 heavy (non-hydrogen) atoms. The van der Waals surface area contributed by atoms with E-state index in [4.69, 9.17) is 4.42 Å². The van der Waals surface area contributed by atoms with Gasteiger partial charge in [0, 0.05) is 39.2 Å². The van der Waals surface area contributed by atoms with Gasteiger partial charge in [0.05, 0.1) is 0 Å². The maximum absolute atomic E-state index is 6.31. The van der Waals surface area contributed by atoms with Crippen LogP contribution in [0.2, 0.25) is 0 Å². The van der Waals surface area contributed by atoms with E-state index in [1.165, 1.54) is 16.7 Å². The summed E-state index contributed by atoms with van der Waals surface area (Å²) in [6, 6.07) is 39.5. The van der Waals surface area contributed by atoms with E-state index >= 15 is 0 Å². The highest BCUT2D eigenvalue weighted by molar-refractivity contribution is 6.07. The lowest BCUT2D eigenvalue weighted by Gasteiger charge is -2.27. The number of hydrogen-bond donors (Lipinski definition) is 1. The first kappa shape index (κ1) is 30.5. The SMILES string of the molecule is CC(C)(C)c1ccc(Nc2cccc(N(c3ccc(C(C)(C)C)cc3)c3ccc4oc5ccc(C(C)(C)C)cc5c4c3)c2)cc1. The molecule has 5 aromatic carbocycles. The molecule has 3 heteroatoms. The van der Waals surface area contributed by atoms with Crippen molar-refractivity contribution in [1.29, 1.82) is 0 Å². The van der Waals surface area contributed by atoms with E-state index in [0.717, 1.165) is 50.4 Å². The van der Waals surface area contributed by atoms with E-state index < -0.39 is 0 Å². The Morgan fingerprint density at radius 2 is 0.933 bits per heavy atom. The largest absolute Gasteiger partial charge is 0.456 e. The maximum Gasteiger partial charge on any atom is 0.135 e. The van der Waals surface area contributed by atoms with Gasteiger partial charge >= 0.3 is 0 Å². The first-order valence-electron chi connectivity index (χ1n) is 16.0. The molecule has 1 heterocycles. The standard InChI is InChI=1S/C42H46N2O/c1-40(2,3)28-13-18-31(19-14-28)43-32-11-10-12-34(26-32)44(33-20-15-29(16-21-33)41(4,5)6)35-22-24-39-37(27-35)36-25-30(42(7,8)9)17-23-38(36)45-39/h10-27,43H,1-9H3. The number of hydrogen-bond acceptors (Lipinski definition) is 3. The first-order valence-corrected chi connectivity index (χ1v) is 16.0. The van der Waals surface area contributed by atoms with Gasteiger partial charge in [-0.3, -0.25) is 0 Å². The van der Waals surface area contributed by atoms with Gasteiger partial charge in [0.1, 0.15) is 11.2 Å². The van der Waals surface area contributed by atoms with E-state index in [1.807, 2.05) is 0 Å². The van der Waals surface area contributed by atoms with Gasteiger partial charge in [-0.05, 0) is 106 Å². The van der Waals surface area contributed by atoms with Crippen molar-refractivity contribution in [3.8, 4) is 0 Å². The molecule has 0 amide bonds.